The Morgan fingerprint density at radius 1 is 1.58 bits per heavy atom. The Bertz CT molecular complexity index is 184. The second-order valence-corrected chi connectivity index (χ2v) is 3.80. The first-order valence-electron chi connectivity index (χ1n) is 3.65. The van der Waals surface area contributed by atoms with E-state index in [-0.39, 0.29) is 0 Å². The molecule has 0 heterocycles. The van der Waals surface area contributed by atoms with Gasteiger partial charge in [0.15, 0.2) is 11.2 Å². The van der Waals surface area contributed by atoms with Gasteiger partial charge in [-0.25, -0.2) is 9.35 Å². The van der Waals surface area contributed by atoms with Gasteiger partial charge in [0.25, 0.3) is 0 Å². The molecule has 0 aliphatic carbocycles. The van der Waals surface area contributed by atoms with Crippen LogP contribution in [0, 0.1) is 5.92 Å². The molecule has 12 heavy (non-hydrogen) atoms. The van der Waals surface area contributed by atoms with Gasteiger partial charge in [-0.15, -0.1) is 0 Å². The summed E-state index contributed by atoms with van der Waals surface area (Å²) in [5.74, 6) is -0.138. The van der Waals surface area contributed by atoms with Crippen LogP contribution in [-0.2, 0) is 16.0 Å². The van der Waals surface area contributed by atoms with Crippen LogP contribution in [-0.4, -0.2) is 16.2 Å². The Balaban J connectivity index is 3.85. The topological polar surface area (TPSA) is 98.2 Å². The fraction of sp³-hybridized carbons (Fsp3) is 0.833. The predicted octanol–water partition coefficient (Wildman–Crippen LogP) is -0.987. The molecular weight excluding hydrogens is 178 g/mol. The van der Waals surface area contributed by atoms with E-state index in [4.69, 9.17) is 10.9 Å². The number of nitrogens with two attached hydrogens (primary N) is 2. The van der Waals surface area contributed by atoms with Crippen molar-refractivity contribution in [2.24, 2.45) is 16.8 Å². The summed E-state index contributed by atoms with van der Waals surface area (Å²) in [5, 5.41) is 4.85. The van der Waals surface area contributed by atoms with Gasteiger partial charge in [0.2, 0.25) is 5.91 Å². The first-order chi connectivity index (χ1) is 5.43. The van der Waals surface area contributed by atoms with Crippen LogP contribution in [0.2, 0.25) is 0 Å². The largest absolute Gasteiger partial charge is 0.320 e. The molecule has 0 spiro atoms. The Morgan fingerprint density at radius 2 is 2.08 bits per heavy atom. The summed E-state index contributed by atoms with van der Waals surface area (Å²) in [6, 6.07) is -0.627. The number of hydrogen-bond donors (Lipinski definition) is 3. The van der Waals surface area contributed by atoms with Crippen LogP contribution in [0.3, 0.4) is 0 Å². The van der Waals surface area contributed by atoms with Crippen molar-refractivity contribution in [2.75, 3.05) is 0 Å². The lowest BCUT2D eigenvalue weighted by molar-refractivity contribution is -0.120. The van der Waals surface area contributed by atoms with E-state index in [0.29, 0.717) is 12.3 Å². The molecule has 5 N–H and O–H groups in total. The number of nitrogens with one attached hydrogen (secondary N) is 1. The van der Waals surface area contributed by atoms with Gasteiger partial charge in [0.05, 0.1) is 6.04 Å². The molecule has 72 valence electrons. The van der Waals surface area contributed by atoms with Crippen molar-refractivity contribution in [3.63, 3.8) is 0 Å². The minimum atomic E-state index is -1.81. The van der Waals surface area contributed by atoms with E-state index in [2.05, 4.69) is 0 Å². The van der Waals surface area contributed by atoms with E-state index in [0.717, 1.165) is 0 Å². The van der Waals surface area contributed by atoms with Gasteiger partial charge >= 0.3 is 0 Å². The number of rotatable bonds is 4. The predicted molar refractivity (Wildman–Crippen MR) is 47.9 cm³/mol. The summed E-state index contributed by atoms with van der Waals surface area (Å²) in [7, 11) is 0. The van der Waals surface area contributed by atoms with E-state index in [1.807, 2.05) is 18.6 Å². The van der Waals surface area contributed by atoms with Gasteiger partial charge in [0.1, 0.15) is 0 Å². The molecule has 2 unspecified atom stereocenters. The number of carbonyl (C=O) groups is 1. The monoisotopic (exact) mass is 193 g/mol. The van der Waals surface area contributed by atoms with Crippen LogP contribution in [0.1, 0.15) is 20.3 Å². The first kappa shape index (κ1) is 11.5. The Hall–Kier alpha value is -0.460. The van der Waals surface area contributed by atoms with Crippen LogP contribution in [0.15, 0.2) is 0 Å². The normalized spacial score (nSPS) is 15.8. The highest BCUT2D eigenvalue weighted by Crippen LogP contribution is 2.02. The molecule has 0 aromatic heterocycles. The molecule has 0 aliphatic heterocycles. The minimum absolute atomic E-state index is 0.331. The van der Waals surface area contributed by atoms with Gasteiger partial charge < -0.3 is 5.73 Å². The third-order valence-corrected chi connectivity index (χ3v) is 1.67. The average molecular weight is 193 g/mol. The molecule has 0 aromatic carbocycles. The highest BCUT2D eigenvalue weighted by molar-refractivity contribution is 7.81. The highest BCUT2D eigenvalue weighted by Gasteiger charge is 2.15. The highest BCUT2D eigenvalue weighted by atomic mass is 32.2. The lowest BCUT2D eigenvalue weighted by Crippen LogP contribution is -2.43. The Labute approximate surface area is 74.6 Å². The maximum Gasteiger partial charge on any atom is 0.249 e. The maximum absolute atomic E-state index is 11.0. The SMILES string of the molecule is CC(C)CC(N)C(=O)NS(N)=O. The van der Waals surface area contributed by atoms with Crippen LogP contribution >= 0.6 is 0 Å². The molecule has 0 fully saturated rings. The van der Waals surface area contributed by atoms with Crippen molar-refractivity contribution in [3.05, 3.63) is 0 Å². The first-order valence-corrected chi connectivity index (χ1v) is 4.87. The zero-order valence-corrected chi connectivity index (χ0v) is 8.06. The Kier molecular flexibility index (Phi) is 5.03. The van der Waals surface area contributed by atoms with Gasteiger partial charge in [-0.05, 0) is 12.3 Å². The van der Waals surface area contributed by atoms with Gasteiger partial charge in [-0.3, -0.25) is 9.52 Å². The van der Waals surface area contributed by atoms with Crippen LogP contribution in [0.25, 0.3) is 0 Å². The van der Waals surface area contributed by atoms with Gasteiger partial charge in [-0.2, -0.15) is 0 Å². The Morgan fingerprint density at radius 3 is 2.42 bits per heavy atom. The second-order valence-electron chi connectivity index (χ2n) is 3.00. The molecule has 0 radical (unpaired) electrons. The lowest BCUT2D eigenvalue weighted by Gasteiger charge is -2.11. The zero-order valence-electron chi connectivity index (χ0n) is 7.24. The third kappa shape index (κ3) is 5.22. The van der Waals surface area contributed by atoms with Crippen molar-refractivity contribution >= 4 is 17.1 Å². The summed E-state index contributed by atoms with van der Waals surface area (Å²) in [4.78, 5) is 11.0. The molecule has 0 saturated heterocycles. The van der Waals surface area contributed by atoms with Crippen molar-refractivity contribution in [1.82, 2.24) is 4.72 Å². The van der Waals surface area contributed by atoms with Crippen molar-refractivity contribution in [1.29, 1.82) is 0 Å². The fourth-order valence-electron chi connectivity index (χ4n) is 0.790. The molecule has 0 aliphatic rings. The summed E-state index contributed by atoms with van der Waals surface area (Å²) in [6.45, 7) is 3.90. The van der Waals surface area contributed by atoms with E-state index >= 15 is 0 Å². The summed E-state index contributed by atoms with van der Waals surface area (Å²) in [5.41, 5.74) is 5.46. The molecule has 6 heteroatoms. The molecule has 2 atom stereocenters. The van der Waals surface area contributed by atoms with Crippen LogP contribution < -0.4 is 15.6 Å². The molecular formula is C6H15N3O2S. The summed E-state index contributed by atoms with van der Waals surface area (Å²) < 4.78 is 12.4. The second kappa shape index (κ2) is 5.23. The van der Waals surface area contributed by atoms with Gasteiger partial charge in [-0.1, -0.05) is 13.8 Å². The van der Waals surface area contributed by atoms with Crippen molar-refractivity contribution < 1.29 is 9.00 Å². The lowest BCUT2D eigenvalue weighted by atomic mass is 10.0. The smallest absolute Gasteiger partial charge is 0.249 e. The van der Waals surface area contributed by atoms with Crippen molar-refractivity contribution in [2.45, 2.75) is 26.3 Å². The van der Waals surface area contributed by atoms with Gasteiger partial charge in [0, 0.05) is 0 Å². The standard InChI is InChI=1S/C6H15N3O2S/c1-4(2)3-5(7)6(10)9-12(8)11/h4-5H,3,7-8H2,1-2H3,(H,9,10). The molecule has 0 saturated carbocycles. The number of hydrogen-bond acceptors (Lipinski definition) is 3. The maximum atomic E-state index is 11.0. The number of carbonyl (C=O) groups excluding carboxylic acids is 1. The van der Waals surface area contributed by atoms with Crippen LogP contribution in [0.4, 0.5) is 0 Å². The van der Waals surface area contributed by atoms with Crippen molar-refractivity contribution in [3.8, 4) is 0 Å². The average Bonchev–Trinajstić information content (AvgIpc) is 1.84. The van der Waals surface area contributed by atoms with E-state index in [9.17, 15) is 9.00 Å². The number of amides is 1. The summed E-state index contributed by atoms with van der Waals surface area (Å²) >= 11 is -1.81. The van der Waals surface area contributed by atoms with E-state index in [1.54, 1.807) is 0 Å². The van der Waals surface area contributed by atoms with E-state index < -0.39 is 23.1 Å². The minimum Gasteiger partial charge on any atom is -0.320 e. The third-order valence-electron chi connectivity index (χ3n) is 1.26. The molecule has 1 amide bonds. The molecule has 0 bridgehead atoms. The quantitative estimate of drug-likeness (QED) is 0.535. The summed E-state index contributed by atoms with van der Waals surface area (Å²) in [6.07, 6.45) is 0.559. The molecule has 0 aromatic rings. The molecule has 5 nitrogen and oxygen atoms in total. The van der Waals surface area contributed by atoms with E-state index in [1.165, 1.54) is 0 Å². The fourth-order valence-corrected chi connectivity index (χ4v) is 1.14. The zero-order chi connectivity index (χ0) is 9.72. The molecule has 0 rings (SSSR count). The van der Waals surface area contributed by atoms with Crippen LogP contribution in [0.5, 0.6) is 0 Å².